The van der Waals surface area contributed by atoms with Gasteiger partial charge in [0.25, 0.3) is 6.01 Å². The smallest absolute Gasteiger partial charge is 0.297 e. The van der Waals surface area contributed by atoms with E-state index in [1.807, 2.05) is 37.2 Å². The Morgan fingerprint density at radius 1 is 1.15 bits per heavy atom. The van der Waals surface area contributed by atoms with Gasteiger partial charge in [0, 0.05) is 25.6 Å². The van der Waals surface area contributed by atoms with E-state index in [2.05, 4.69) is 20.4 Å². The number of oxazole rings is 1. The lowest BCUT2D eigenvalue weighted by Gasteiger charge is -2.49. The highest BCUT2D eigenvalue weighted by molar-refractivity contribution is 5.80. The molecule has 1 aromatic carbocycles. The van der Waals surface area contributed by atoms with Gasteiger partial charge in [-0.1, -0.05) is 5.16 Å². The molecule has 1 saturated carbocycles. The maximum absolute atomic E-state index is 5.70. The van der Waals surface area contributed by atoms with Gasteiger partial charge in [0.1, 0.15) is 5.52 Å². The summed E-state index contributed by atoms with van der Waals surface area (Å²) in [7, 11) is 3.82. The highest BCUT2D eigenvalue weighted by Crippen LogP contribution is 2.55. The van der Waals surface area contributed by atoms with E-state index in [1.165, 1.54) is 25.7 Å². The van der Waals surface area contributed by atoms with Crippen molar-refractivity contribution in [1.29, 1.82) is 0 Å². The first-order valence-corrected chi connectivity index (χ1v) is 9.25. The zero-order valence-electron chi connectivity index (χ0n) is 15.2. The summed E-state index contributed by atoms with van der Waals surface area (Å²) in [5, 5.41) is 7.65. The molecule has 1 aliphatic carbocycles. The Morgan fingerprint density at radius 2 is 1.96 bits per heavy atom. The average molecular weight is 353 g/mol. The first-order valence-electron chi connectivity index (χ1n) is 9.25. The Labute approximate surface area is 151 Å². The molecule has 0 radical (unpaired) electrons. The molecular weight excluding hydrogens is 330 g/mol. The number of anilines is 1. The second-order valence-corrected chi connectivity index (χ2v) is 7.88. The third-order valence-electron chi connectivity index (χ3n) is 5.83. The fraction of sp³-hybridized carbons (Fsp3) is 0.526. The van der Waals surface area contributed by atoms with Crippen LogP contribution >= 0.6 is 0 Å². The molecule has 0 atom stereocenters. The second-order valence-electron chi connectivity index (χ2n) is 7.88. The zero-order valence-corrected chi connectivity index (χ0v) is 15.2. The Bertz CT molecular complexity index is 930. The molecule has 0 bridgehead atoms. The van der Waals surface area contributed by atoms with E-state index in [4.69, 9.17) is 8.94 Å². The van der Waals surface area contributed by atoms with Crippen LogP contribution in [0.4, 0.5) is 6.01 Å². The van der Waals surface area contributed by atoms with Crippen LogP contribution in [-0.4, -0.2) is 42.3 Å². The van der Waals surface area contributed by atoms with Gasteiger partial charge in [0.15, 0.2) is 5.58 Å². The maximum Gasteiger partial charge on any atom is 0.297 e. The van der Waals surface area contributed by atoms with Crippen LogP contribution in [0.25, 0.3) is 22.5 Å². The van der Waals surface area contributed by atoms with Crippen molar-refractivity contribution in [2.45, 2.75) is 31.6 Å². The third-order valence-corrected chi connectivity index (χ3v) is 5.83. The molecular formula is C19H23N5O2. The molecule has 3 aromatic rings. The lowest BCUT2D eigenvalue weighted by Crippen LogP contribution is -2.44. The van der Waals surface area contributed by atoms with Gasteiger partial charge in [-0.05, 0) is 62.4 Å². The molecule has 7 nitrogen and oxygen atoms in total. The average Bonchev–Trinajstić information content (AvgIpc) is 3.26. The molecule has 1 N–H and O–H groups in total. The van der Waals surface area contributed by atoms with E-state index in [0.29, 0.717) is 23.2 Å². The topological polar surface area (TPSA) is 80.2 Å². The van der Waals surface area contributed by atoms with Crippen LogP contribution in [-0.2, 0) is 0 Å². The van der Waals surface area contributed by atoms with Crippen molar-refractivity contribution in [2.75, 3.05) is 32.1 Å². The summed E-state index contributed by atoms with van der Waals surface area (Å²) in [5.41, 5.74) is 2.97. The van der Waals surface area contributed by atoms with Gasteiger partial charge in [-0.15, -0.1) is 0 Å². The summed E-state index contributed by atoms with van der Waals surface area (Å²) in [4.78, 5) is 11.0. The number of aromatic nitrogens is 3. The standard InChI is InChI=1S/C19H23N5O2/c1-24(2)18-21-14-9-12(3-4-15(14)25-18)16-22-17(26-23-16)13-10-19(11-13)5-7-20-8-6-19/h3-4,9,13,20H,5-8,10-11H2,1-2H3. The van der Waals surface area contributed by atoms with Crippen molar-refractivity contribution < 1.29 is 8.94 Å². The Hall–Kier alpha value is -2.41. The summed E-state index contributed by atoms with van der Waals surface area (Å²) in [6.45, 7) is 2.27. The van der Waals surface area contributed by atoms with Crippen molar-refractivity contribution in [3.63, 3.8) is 0 Å². The molecule has 3 heterocycles. The fourth-order valence-corrected chi connectivity index (χ4v) is 4.29. The van der Waals surface area contributed by atoms with E-state index < -0.39 is 0 Å². The lowest BCUT2D eigenvalue weighted by atomic mass is 9.58. The van der Waals surface area contributed by atoms with Crippen LogP contribution in [0.5, 0.6) is 0 Å². The number of hydrogen-bond donors (Lipinski definition) is 1. The number of piperidine rings is 1. The predicted molar refractivity (Wildman–Crippen MR) is 98.1 cm³/mol. The Kier molecular flexibility index (Phi) is 3.53. The number of fused-ring (bicyclic) bond motifs is 1. The van der Waals surface area contributed by atoms with Gasteiger partial charge in [-0.3, -0.25) is 0 Å². The number of benzene rings is 1. The molecule has 2 aliphatic rings. The molecule has 2 fully saturated rings. The van der Waals surface area contributed by atoms with Crippen LogP contribution in [0, 0.1) is 5.41 Å². The van der Waals surface area contributed by atoms with E-state index in [9.17, 15) is 0 Å². The molecule has 1 aliphatic heterocycles. The van der Waals surface area contributed by atoms with Crippen LogP contribution in [0.1, 0.15) is 37.5 Å². The van der Waals surface area contributed by atoms with Gasteiger partial charge in [-0.25, -0.2) is 0 Å². The van der Waals surface area contributed by atoms with Gasteiger partial charge in [0.05, 0.1) is 0 Å². The van der Waals surface area contributed by atoms with Crippen LogP contribution in [0.15, 0.2) is 27.1 Å². The minimum Gasteiger partial charge on any atom is -0.423 e. The summed E-state index contributed by atoms with van der Waals surface area (Å²) in [5.74, 6) is 1.81. The summed E-state index contributed by atoms with van der Waals surface area (Å²) >= 11 is 0. The van der Waals surface area contributed by atoms with Crippen molar-refractivity contribution in [2.24, 2.45) is 5.41 Å². The summed E-state index contributed by atoms with van der Waals surface area (Å²) in [6, 6.07) is 6.41. The van der Waals surface area contributed by atoms with Crippen LogP contribution in [0.3, 0.4) is 0 Å². The third kappa shape index (κ3) is 2.58. The second kappa shape index (κ2) is 5.81. The minimum absolute atomic E-state index is 0.408. The minimum atomic E-state index is 0.408. The van der Waals surface area contributed by atoms with Crippen molar-refractivity contribution >= 4 is 17.1 Å². The number of rotatable bonds is 3. The molecule has 0 unspecified atom stereocenters. The molecule has 1 spiro atoms. The van der Waals surface area contributed by atoms with Crippen molar-refractivity contribution in [1.82, 2.24) is 20.4 Å². The largest absolute Gasteiger partial charge is 0.423 e. The van der Waals surface area contributed by atoms with Gasteiger partial charge >= 0.3 is 0 Å². The summed E-state index contributed by atoms with van der Waals surface area (Å²) < 4.78 is 11.3. The van der Waals surface area contributed by atoms with Crippen LogP contribution in [0.2, 0.25) is 0 Å². The van der Waals surface area contributed by atoms with E-state index >= 15 is 0 Å². The normalized spacial score (nSPS) is 19.8. The van der Waals surface area contributed by atoms with Crippen LogP contribution < -0.4 is 10.2 Å². The Balaban J connectivity index is 1.36. The Morgan fingerprint density at radius 3 is 2.73 bits per heavy atom. The molecule has 7 heteroatoms. The first-order chi connectivity index (χ1) is 12.6. The van der Waals surface area contributed by atoms with Gasteiger partial charge in [-0.2, -0.15) is 9.97 Å². The van der Waals surface area contributed by atoms with E-state index in [-0.39, 0.29) is 0 Å². The summed E-state index contributed by atoms with van der Waals surface area (Å²) in [6.07, 6.45) is 4.87. The number of nitrogens with zero attached hydrogens (tertiary/aromatic N) is 4. The highest BCUT2D eigenvalue weighted by atomic mass is 16.5. The monoisotopic (exact) mass is 353 g/mol. The predicted octanol–water partition coefficient (Wildman–Crippen LogP) is 3.19. The van der Waals surface area contributed by atoms with Gasteiger partial charge in [0.2, 0.25) is 11.7 Å². The van der Waals surface area contributed by atoms with E-state index in [1.54, 1.807) is 0 Å². The SMILES string of the molecule is CN(C)c1nc2cc(-c3noc(C4CC5(CCNCC5)C4)n3)ccc2o1. The maximum atomic E-state index is 5.70. The zero-order chi connectivity index (χ0) is 17.7. The van der Waals surface area contributed by atoms with Crippen molar-refractivity contribution in [3.05, 3.63) is 24.1 Å². The molecule has 5 rings (SSSR count). The lowest BCUT2D eigenvalue weighted by molar-refractivity contribution is 0.0461. The first kappa shape index (κ1) is 15.8. The molecule has 2 aromatic heterocycles. The number of hydrogen-bond acceptors (Lipinski definition) is 7. The quantitative estimate of drug-likeness (QED) is 0.774. The molecule has 1 saturated heterocycles. The van der Waals surface area contributed by atoms with Gasteiger partial charge < -0.3 is 19.2 Å². The highest BCUT2D eigenvalue weighted by Gasteiger charge is 2.47. The molecule has 136 valence electrons. The van der Waals surface area contributed by atoms with Crippen molar-refractivity contribution in [3.8, 4) is 11.4 Å². The molecule has 0 amide bonds. The molecule has 26 heavy (non-hydrogen) atoms. The number of nitrogens with one attached hydrogen (secondary N) is 1. The van der Waals surface area contributed by atoms with E-state index in [0.717, 1.165) is 35.6 Å². The fourth-order valence-electron chi connectivity index (χ4n) is 4.29.